The molecule has 0 aliphatic carbocycles. The molecule has 0 bridgehead atoms. The van der Waals surface area contributed by atoms with E-state index in [4.69, 9.17) is 16.3 Å². The minimum atomic E-state index is -0.495. The largest absolute Gasteiger partial charge is 0.465 e. The first kappa shape index (κ1) is 20.6. The van der Waals surface area contributed by atoms with Crippen molar-refractivity contribution in [3.8, 4) is 0 Å². The van der Waals surface area contributed by atoms with E-state index < -0.39 is 5.97 Å². The number of halogens is 1. The summed E-state index contributed by atoms with van der Waals surface area (Å²) in [6, 6.07) is 12.6. The fourth-order valence-electron chi connectivity index (χ4n) is 3.08. The van der Waals surface area contributed by atoms with Crippen LogP contribution in [0.3, 0.4) is 0 Å². The summed E-state index contributed by atoms with van der Waals surface area (Å²) in [6.07, 6.45) is 1.74. The highest BCUT2D eigenvalue weighted by molar-refractivity contribution is 6.50. The Morgan fingerprint density at radius 1 is 1.17 bits per heavy atom. The predicted octanol–water partition coefficient (Wildman–Crippen LogP) is 4.29. The number of methoxy groups -OCH3 is 1. The first-order valence-electron chi connectivity index (χ1n) is 9.31. The predicted molar refractivity (Wildman–Crippen MR) is 117 cm³/mol. The van der Waals surface area contributed by atoms with Crippen molar-refractivity contribution >= 4 is 45.3 Å². The average molecular weight is 412 g/mol. The molecule has 0 atom stereocenters. The number of hydrogen-bond acceptors (Lipinski definition) is 5. The van der Waals surface area contributed by atoms with Crippen LogP contribution in [0, 0.1) is 0 Å². The SMILES string of the molecule is CCN(CC)c1ccc(C=C(Cl)c2nc3cc(C(=O)OC)ccc3c(=O)[nH]2)cc1. The van der Waals surface area contributed by atoms with E-state index >= 15 is 0 Å². The molecule has 0 radical (unpaired) electrons. The van der Waals surface area contributed by atoms with Gasteiger partial charge in [0.2, 0.25) is 0 Å². The standard InChI is InChI=1S/C22H22ClN3O3/c1-4-26(5-2)16-9-6-14(7-10-16)12-18(23)20-24-19-13-15(22(28)29-3)8-11-17(19)21(27)25-20/h6-13H,4-5H2,1-3H3,(H,24,25,27). The molecule has 3 aromatic rings. The van der Waals surface area contributed by atoms with Crippen molar-refractivity contribution in [2.75, 3.05) is 25.1 Å². The van der Waals surface area contributed by atoms with Crippen molar-refractivity contribution in [1.82, 2.24) is 9.97 Å². The normalized spacial score (nSPS) is 11.5. The Labute approximate surface area is 173 Å². The molecule has 29 heavy (non-hydrogen) atoms. The summed E-state index contributed by atoms with van der Waals surface area (Å²) in [4.78, 5) is 33.5. The van der Waals surface area contributed by atoms with Crippen LogP contribution in [-0.4, -0.2) is 36.1 Å². The zero-order valence-corrected chi connectivity index (χ0v) is 17.3. The molecule has 0 fully saturated rings. The number of aromatic amines is 1. The second-order valence-electron chi connectivity index (χ2n) is 6.39. The van der Waals surface area contributed by atoms with E-state index in [0.717, 1.165) is 24.3 Å². The zero-order valence-electron chi connectivity index (χ0n) is 16.5. The molecule has 1 aromatic heterocycles. The fourth-order valence-corrected chi connectivity index (χ4v) is 3.30. The highest BCUT2D eigenvalue weighted by Gasteiger charge is 2.11. The highest BCUT2D eigenvalue weighted by Crippen LogP contribution is 2.22. The molecule has 1 N–H and O–H groups in total. The number of H-pyrrole nitrogens is 1. The lowest BCUT2D eigenvalue weighted by Gasteiger charge is -2.20. The van der Waals surface area contributed by atoms with Crippen LogP contribution in [0.15, 0.2) is 47.3 Å². The monoisotopic (exact) mass is 411 g/mol. The third kappa shape index (κ3) is 4.49. The molecule has 150 valence electrons. The number of fused-ring (bicyclic) bond motifs is 1. The van der Waals surface area contributed by atoms with E-state index in [9.17, 15) is 9.59 Å². The number of nitrogens with one attached hydrogen (secondary N) is 1. The second-order valence-corrected chi connectivity index (χ2v) is 6.80. The number of ether oxygens (including phenoxy) is 1. The molecule has 0 saturated heterocycles. The number of carbonyl (C=O) groups excluding carboxylic acids is 1. The smallest absolute Gasteiger partial charge is 0.337 e. The van der Waals surface area contributed by atoms with Gasteiger partial charge in [-0.25, -0.2) is 9.78 Å². The van der Waals surface area contributed by atoms with Crippen LogP contribution in [-0.2, 0) is 4.74 Å². The van der Waals surface area contributed by atoms with Crippen LogP contribution >= 0.6 is 11.6 Å². The molecule has 2 aromatic carbocycles. The van der Waals surface area contributed by atoms with E-state index in [1.807, 2.05) is 24.3 Å². The average Bonchev–Trinajstić information content (AvgIpc) is 2.74. The minimum absolute atomic E-state index is 0.235. The van der Waals surface area contributed by atoms with Crippen LogP contribution in [0.5, 0.6) is 0 Å². The van der Waals surface area contributed by atoms with Gasteiger partial charge in [0, 0.05) is 18.8 Å². The third-order valence-corrected chi connectivity index (χ3v) is 4.96. The van der Waals surface area contributed by atoms with Crippen molar-refractivity contribution in [3.63, 3.8) is 0 Å². The van der Waals surface area contributed by atoms with Gasteiger partial charge in [0.25, 0.3) is 5.56 Å². The summed E-state index contributed by atoms with van der Waals surface area (Å²) < 4.78 is 4.72. The van der Waals surface area contributed by atoms with Crippen LogP contribution < -0.4 is 10.5 Å². The minimum Gasteiger partial charge on any atom is -0.465 e. The summed E-state index contributed by atoms with van der Waals surface area (Å²) in [5, 5.41) is 0.664. The molecule has 1 heterocycles. The summed E-state index contributed by atoms with van der Waals surface area (Å²) >= 11 is 6.43. The van der Waals surface area contributed by atoms with Gasteiger partial charge in [-0.2, -0.15) is 0 Å². The molecule has 3 rings (SSSR count). The Morgan fingerprint density at radius 3 is 2.48 bits per heavy atom. The van der Waals surface area contributed by atoms with Crippen molar-refractivity contribution in [2.45, 2.75) is 13.8 Å². The Kier molecular flexibility index (Phi) is 6.34. The maximum Gasteiger partial charge on any atom is 0.337 e. The number of aromatic nitrogens is 2. The Hall–Kier alpha value is -3.12. The number of carbonyl (C=O) groups is 1. The topological polar surface area (TPSA) is 75.3 Å². The lowest BCUT2D eigenvalue weighted by Crippen LogP contribution is -2.21. The van der Waals surface area contributed by atoms with Gasteiger partial charge >= 0.3 is 5.97 Å². The van der Waals surface area contributed by atoms with Crippen LogP contribution in [0.25, 0.3) is 22.0 Å². The van der Waals surface area contributed by atoms with Gasteiger partial charge in [-0.1, -0.05) is 23.7 Å². The summed E-state index contributed by atoms with van der Waals surface area (Å²) in [5.41, 5.74) is 2.38. The maximum atomic E-state index is 12.4. The molecule has 0 unspecified atom stereocenters. The number of esters is 1. The second kappa shape index (κ2) is 8.92. The Balaban J connectivity index is 1.96. The van der Waals surface area contributed by atoms with E-state index in [-0.39, 0.29) is 11.4 Å². The van der Waals surface area contributed by atoms with Crippen LogP contribution in [0.2, 0.25) is 0 Å². The molecule has 7 heteroatoms. The first-order valence-corrected chi connectivity index (χ1v) is 9.69. The molecule has 0 spiro atoms. The van der Waals surface area contributed by atoms with Crippen molar-refractivity contribution < 1.29 is 9.53 Å². The number of anilines is 1. The molecular formula is C22H22ClN3O3. The Morgan fingerprint density at radius 2 is 1.86 bits per heavy atom. The number of hydrogen-bond donors (Lipinski definition) is 1. The summed E-state index contributed by atoms with van der Waals surface area (Å²) in [5.74, 6) is -0.260. The Bertz CT molecular complexity index is 1120. The van der Waals surface area contributed by atoms with E-state index in [1.54, 1.807) is 12.1 Å². The zero-order chi connectivity index (χ0) is 21.0. The molecular weight excluding hydrogens is 390 g/mol. The van der Waals surface area contributed by atoms with Crippen LogP contribution in [0.1, 0.15) is 35.6 Å². The highest BCUT2D eigenvalue weighted by atomic mass is 35.5. The quantitative estimate of drug-likeness (QED) is 0.612. The number of nitrogens with zero attached hydrogens (tertiary/aromatic N) is 2. The summed E-state index contributed by atoms with van der Waals surface area (Å²) in [7, 11) is 1.30. The molecule has 0 saturated carbocycles. The van der Waals surface area contributed by atoms with Gasteiger partial charge in [-0.15, -0.1) is 0 Å². The maximum absolute atomic E-state index is 12.4. The summed E-state index contributed by atoms with van der Waals surface area (Å²) in [6.45, 7) is 6.09. The lowest BCUT2D eigenvalue weighted by molar-refractivity contribution is 0.0601. The molecule has 0 aliphatic heterocycles. The van der Waals surface area contributed by atoms with E-state index in [2.05, 4.69) is 28.7 Å². The van der Waals surface area contributed by atoms with Gasteiger partial charge in [0.15, 0.2) is 5.82 Å². The van der Waals surface area contributed by atoms with Gasteiger partial charge in [-0.05, 0) is 55.8 Å². The van der Waals surface area contributed by atoms with Crippen molar-refractivity contribution in [1.29, 1.82) is 0 Å². The third-order valence-electron chi connectivity index (χ3n) is 4.67. The van der Waals surface area contributed by atoms with Crippen LogP contribution in [0.4, 0.5) is 5.69 Å². The van der Waals surface area contributed by atoms with Crippen molar-refractivity contribution in [3.05, 3.63) is 69.8 Å². The number of benzene rings is 2. The molecule has 0 amide bonds. The van der Waals surface area contributed by atoms with E-state index in [0.29, 0.717) is 21.5 Å². The van der Waals surface area contributed by atoms with Gasteiger partial charge in [0.1, 0.15) is 0 Å². The van der Waals surface area contributed by atoms with Gasteiger partial charge in [0.05, 0.1) is 28.6 Å². The number of rotatable bonds is 6. The molecule has 0 aliphatic rings. The van der Waals surface area contributed by atoms with Gasteiger partial charge < -0.3 is 14.6 Å². The fraction of sp³-hybridized carbons (Fsp3) is 0.227. The molecule has 6 nitrogen and oxygen atoms in total. The van der Waals surface area contributed by atoms with Crippen molar-refractivity contribution in [2.24, 2.45) is 0 Å². The van der Waals surface area contributed by atoms with E-state index in [1.165, 1.54) is 19.2 Å². The lowest BCUT2D eigenvalue weighted by atomic mass is 10.1. The first-order chi connectivity index (χ1) is 14.0. The van der Waals surface area contributed by atoms with Gasteiger partial charge in [-0.3, -0.25) is 4.79 Å².